The van der Waals surface area contributed by atoms with Crippen molar-refractivity contribution >= 4 is 11.8 Å². The second-order valence-corrected chi connectivity index (χ2v) is 4.24. The summed E-state index contributed by atoms with van der Waals surface area (Å²) in [5, 5.41) is 0. The van der Waals surface area contributed by atoms with Crippen molar-refractivity contribution in [1.82, 2.24) is 0 Å². The molecule has 17 heavy (non-hydrogen) atoms. The summed E-state index contributed by atoms with van der Waals surface area (Å²) in [5.41, 5.74) is -0.969. The van der Waals surface area contributed by atoms with Gasteiger partial charge in [-0.15, -0.1) is 0 Å². The Hall–Kier alpha value is -1.91. The van der Waals surface area contributed by atoms with E-state index in [9.17, 15) is 14.0 Å². The van der Waals surface area contributed by atoms with Gasteiger partial charge in [0, 0.05) is 6.42 Å². The molecule has 1 heterocycles. The van der Waals surface area contributed by atoms with Crippen molar-refractivity contribution < 1.29 is 23.5 Å². The Morgan fingerprint density at radius 2 is 2.35 bits per heavy atom. The van der Waals surface area contributed by atoms with Crippen LogP contribution in [-0.2, 0) is 9.53 Å². The number of halogens is 1. The van der Waals surface area contributed by atoms with Gasteiger partial charge >= 0.3 is 5.97 Å². The Morgan fingerprint density at radius 3 is 3.06 bits per heavy atom. The van der Waals surface area contributed by atoms with Crippen LogP contribution in [0, 0.1) is 11.7 Å². The van der Waals surface area contributed by atoms with Gasteiger partial charge in [0.15, 0.2) is 5.78 Å². The van der Waals surface area contributed by atoms with Gasteiger partial charge in [0.2, 0.25) is 5.60 Å². The Kier molecular flexibility index (Phi) is 1.85. The molecule has 1 aromatic carbocycles. The average Bonchev–Trinajstić information content (AvgIpc) is 3.06. The van der Waals surface area contributed by atoms with Gasteiger partial charge in [0.1, 0.15) is 11.6 Å². The van der Waals surface area contributed by atoms with Crippen LogP contribution in [0.25, 0.3) is 0 Å². The van der Waals surface area contributed by atoms with Crippen LogP contribution >= 0.6 is 0 Å². The van der Waals surface area contributed by atoms with E-state index < -0.39 is 23.3 Å². The maximum atomic E-state index is 13.0. The maximum absolute atomic E-state index is 13.0. The first-order valence-electron chi connectivity index (χ1n) is 5.20. The first kappa shape index (κ1) is 10.3. The first-order valence-corrected chi connectivity index (χ1v) is 5.20. The summed E-state index contributed by atoms with van der Waals surface area (Å²) >= 11 is 0. The van der Waals surface area contributed by atoms with Crippen LogP contribution in [0.1, 0.15) is 16.8 Å². The minimum absolute atomic E-state index is 0.201. The third kappa shape index (κ3) is 1.22. The molecule has 0 bridgehead atoms. The zero-order chi connectivity index (χ0) is 12.2. The number of hydrogen-bond donors (Lipinski definition) is 0. The Morgan fingerprint density at radius 1 is 1.59 bits per heavy atom. The number of methoxy groups -OCH3 is 1. The molecule has 5 heteroatoms. The van der Waals surface area contributed by atoms with Gasteiger partial charge in [0.05, 0.1) is 18.6 Å². The summed E-state index contributed by atoms with van der Waals surface area (Å²) in [6.45, 7) is 0. The fourth-order valence-corrected chi connectivity index (χ4v) is 2.27. The van der Waals surface area contributed by atoms with Crippen LogP contribution in [0.2, 0.25) is 0 Å². The van der Waals surface area contributed by atoms with Crippen molar-refractivity contribution in [2.45, 2.75) is 12.0 Å². The number of ether oxygens (including phenoxy) is 2. The second kappa shape index (κ2) is 3.06. The molecule has 3 rings (SSSR count). The van der Waals surface area contributed by atoms with Crippen LogP contribution in [0.15, 0.2) is 18.2 Å². The lowest BCUT2D eigenvalue weighted by Crippen LogP contribution is -2.38. The number of rotatable bonds is 1. The molecule has 0 unspecified atom stereocenters. The quantitative estimate of drug-likeness (QED) is 0.690. The molecule has 0 N–H and O–H groups in total. The van der Waals surface area contributed by atoms with Crippen LogP contribution in [0.3, 0.4) is 0 Å². The highest BCUT2D eigenvalue weighted by Gasteiger charge is 2.70. The summed E-state index contributed by atoms with van der Waals surface area (Å²) in [5.74, 6) is -1.59. The molecule has 0 radical (unpaired) electrons. The predicted molar refractivity (Wildman–Crippen MR) is 54.2 cm³/mol. The van der Waals surface area contributed by atoms with Crippen LogP contribution < -0.4 is 4.74 Å². The normalized spacial score (nSPS) is 28.8. The molecule has 1 fully saturated rings. The summed E-state index contributed by atoms with van der Waals surface area (Å²) in [7, 11) is 1.25. The van der Waals surface area contributed by atoms with Crippen molar-refractivity contribution in [3.05, 3.63) is 29.6 Å². The number of benzene rings is 1. The van der Waals surface area contributed by atoms with E-state index in [-0.39, 0.29) is 17.1 Å². The van der Waals surface area contributed by atoms with Gasteiger partial charge in [0.25, 0.3) is 0 Å². The van der Waals surface area contributed by atoms with E-state index in [1.54, 1.807) is 0 Å². The van der Waals surface area contributed by atoms with E-state index >= 15 is 0 Å². The van der Waals surface area contributed by atoms with Crippen LogP contribution in [0.5, 0.6) is 5.75 Å². The van der Waals surface area contributed by atoms with E-state index in [1.807, 2.05) is 0 Å². The monoisotopic (exact) mass is 236 g/mol. The summed E-state index contributed by atoms with van der Waals surface area (Å²) in [6, 6.07) is 3.69. The van der Waals surface area contributed by atoms with Gasteiger partial charge in [-0.1, -0.05) is 0 Å². The van der Waals surface area contributed by atoms with Crippen molar-refractivity contribution in [3.8, 4) is 5.75 Å². The van der Waals surface area contributed by atoms with E-state index in [0.717, 1.165) is 6.07 Å². The zero-order valence-electron chi connectivity index (χ0n) is 9.03. The molecule has 1 saturated carbocycles. The van der Waals surface area contributed by atoms with E-state index in [2.05, 4.69) is 4.74 Å². The van der Waals surface area contributed by atoms with Crippen molar-refractivity contribution in [1.29, 1.82) is 0 Å². The number of fused-ring (bicyclic) bond motifs is 2. The predicted octanol–water partition coefficient (Wildman–Crippen LogP) is 1.33. The first-order chi connectivity index (χ1) is 8.08. The third-order valence-electron chi connectivity index (χ3n) is 3.26. The lowest BCUT2D eigenvalue weighted by molar-refractivity contribution is -0.151. The molecule has 1 aromatic rings. The van der Waals surface area contributed by atoms with Gasteiger partial charge < -0.3 is 9.47 Å². The Balaban J connectivity index is 2.06. The number of Topliss-reactive ketones (excluding diaryl/α,β-unsaturated/α-hetero) is 1. The lowest BCUT2D eigenvalue weighted by atomic mass is 10.0. The maximum Gasteiger partial charge on any atom is 0.351 e. The van der Waals surface area contributed by atoms with Gasteiger partial charge in [-0.2, -0.15) is 0 Å². The smallest absolute Gasteiger partial charge is 0.351 e. The fraction of sp³-hybridized carbons (Fsp3) is 0.333. The van der Waals surface area contributed by atoms with E-state index in [0.29, 0.717) is 6.42 Å². The highest BCUT2D eigenvalue weighted by Crippen LogP contribution is 2.54. The zero-order valence-corrected chi connectivity index (χ0v) is 9.03. The van der Waals surface area contributed by atoms with Gasteiger partial charge in [-0.05, 0) is 18.2 Å². The Labute approximate surface area is 96.3 Å². The number of hydrogen-bond acceptors (Lipinski definition) is 4. The minimum Gasteiger partial charge on any atom is -0.474 e. The molecule has 0 amide bonds. The average molecular weight is 236 g/mol. The van der Waals surface area contributed by atoms with Gasteiger partial charge in [-0.3, -0.25) is 4.79 Å². The van der Waals surface area contributed by atoms with Crippen LogP contribution in [0.4, 0.5) is 4.39 Å². The highest BCUT2D eigenvalue weighted by molar-refractivity contribution is 6.09. The van der Waals surface area contributed by atoms with E-state index in [4.69, 9.17) is 4.74 Å². The van der Waals surface area contributed by atoms with Crippen molar-refractivity contribution in [3.63, 3.8) is 0 Å². The molecular formula is C12H9FO4. The molecule has 1 aliphatic heterocycles. The molecule has 2 atom stereocenters. The number of carbonyl (C=O) groups is 2. The van der Waals surface area contributed by atoms with Crippen molar-refractivity contribution in [2.24, 2.45) is 5.92 Å². The highest BCUT2D eigenvalue weighted by atomic mass is 19.1. The SMILES string of the molecule is COC(=O)[C@]12C[C@@H]1C(=O)c1cc(F)ccc1O2. The van der Waals surface area contributed by atoms with Crippen molar-refractivity contribution in [2.75, 3.05) is 7.11 Å². The number of ketones is 1. The molecule has 0 spiro atoms. The molecule has 0 aromatic heterocycles. The minimum atomic E-state index is -1.17. The topological polar surface area (TPSA) is 52.6 Å². The van der Waals surface area contributed by atoms with Crippen LogP contribution in [-0.4, -0.2) is 24.5 Å². The number of carbonyl (C=O) groups excluding carboxylic acids is 2. The fourth-order valence-electron chi connectivity index (χ4n) is 2.27. The largest absolute Gasteiger partial charge is 0.474 e. The molecular weight excluding hydrogens is 227 g/mol. The van der Waals surface area contributed by atoms with Gasteiger partial charge in [-0.25, -0.2) is 9.18 Å². The molecule has 88 valence electrons. The lowest BCUT2D eigenvalue weighted by Gasteiger charge is -2.23. The standard InChI is InChI=1S/C12H9FO4/c1-16-11(15)12-5-8(12)10(14)7-4-6(13)2-3-9(7)17-12/h2-4,8H,5H2,1H3/t8-,12+/m1/s1. The third-order valence-corrected chi connectivity index (χ3v) is 3.26. The van der Waals surface area contributed by atoms with E-state index in [1.165, 1.54) is 19.2 Å². The summed E-state index contributed by atoms with van der Waals surface area (Å²) < 4.78 is 23.2. The summed E-state index contributed by atoms with van der Waals surface area (Å²) in [6.07, 6.45) is 0.300. The second-order valence-electron chi connectivity index (χ2n) is 4.24. The molecule has 0 saturated heterocycles. The Bertz CT molecular complexity index is 539. The molecule has 1 aliphatic carbocycles. The number of esters is 1. The molecule has 2 aliphatic rings. The molecule has 4 nitrogen and oxygen atoms in total. The summed E-state index contributed by atoms with van der Waals surface area (Å²) in [4.78, 5) is 23.6.